The average molecular weight is 375 g/mol. The molecule has 0 aliphatic rings. The molecule has 2 N–H and O–H groups in total. The molecular weight excluding hydrogens is 350 g/mol. The van der Waals surface area contributed by atoms with E-state index in [4.69, 9.17) is 4.74 Å². The molecule has 0 bridgehead atoms. The maximum absolute atomic E-state index is 12.5. The molecule has 3 aromatic rings. The number of pyridine rings is 1. The second kappa shape index (κ2) is 9.04. The van der Waals surface area contributed by atoms with Crippen molar-refractivity contribution in [2.45, 2.75) is 33.4 Å². The number of aromatic nitrogens is 1. The molecule has 5 nitrogen and oxygen atoms in total. The highest BCUT2D eigenvalue weighted by molar-refractivity contribution is 6.04. The van der Waals surface area contributed by atoms with Gasteiger partial charge in [-0.3, -0.25) is 9.78 Å². The van der Waals surface area contributed by atoms with Gasteiger partial charge in [0.2, 0.25) is 0 Å². The molecule has 2 aromatic carbocycles. The van der Waals surface area contributed by atoms with Gasteiger partial charge in [-0.25, -0.2) is 0 Å². The van der Waals surface area contributed by atoms with Crippen LogP contribution in [0.5, 0.6) is 5.75 Å². The minimum Gasteiger partial charge on any atom is -0.491 e. The number of hydrogen-bond acceptors (Lipinski definition) is 4. The van der Waals surface area contributed by atoms with E-state index in [0.29, 0.717) is 17.8 Å². The lowest BCUT2D eigenvalue weighted by molar-refractivity contribution is 0.102. The van der Waals surface area contributed by atoms with Crippen molar-refractivity contribution in [1.82, 2.24) is 4.98 Å². The number of aryl methyl sites for hydroxylation is 1. The average Bonchev–Trinajstić information content (AvgIpc) is 2.68. The fourth-order valence-electron chi connectivity index (χ4n) is 2.78. The molecule has 144 valence electrons. The zero-order valence-electron chi connectivity index (χ0n) is 16.4. The number of carbonyl (C=O) groups excluding carboxylic acids is 1. The molecule has 0 saturated carbocycles. The van der Waals surface area contributed by atoms with Crippen LogP contribution in [0, 0.1) is 6.92 Å². The molecule has 0 aliphatic carbocycles. The molecule has 0 aliphatic heterocycles. The van der Waals surface area contributed by atoms with Crippen LogP contribution in [0.3, 0.4) is 0 Å². The summed E-state index contributed by atoms with van der Waals surface area (Å²) >= 11 is 0. The SMILES string of the molecule is Cc1cccc(CNc2cncc(C(=O)Nc3ccc(OC(C)C)cc3)c2)c1. The summed E-state index contributed by atoms with van der Waals surface area (Å²) in [6, 6.07) is 17.4. The molecular formula is C23H25N3O2. The maximum atomic E-state index is 12.5. The second-order valence-corrected chi connectivity index (χ2v) is 6.95. The van der Waals surface area contributed by atoms with Crippen LogP contribution in [0.25, 0.3) is 0 Å². The smallest absolute Gasteiger partial charge is 0.257 e. The minimum atomic E-state index is -0.204. The Labute approximate surface area is 165 Å². The van der Waals surface area contributed by atoms with Crippen LogP contribution in [0.15, 0.2) is 67.0 Å². The molecule has 5 heteroatoms. The Morgan fingerprint density at radius 1 is 1.04 bits per heavy atom. The Kier molecular flexibility index (Phi) is 6.27. The van der Waals surface area contributed by atoms with Crippen molar-refractivity contribution in [3.63, 3.8) is 0 Å². The minimum absolute atomic E-state index is 0.113. The molecule has 0 unspecified atom stereocenters. The number of ether oxygens (including phenoxy) is 1. The molecule has 3 rings (SSSR count). The van der Waals surface area contributed by atoms with E-state index in [0.717, 1.165) is 11.4 Å². The number of benzene rings is 2. The summed E-state index contributed by atoms with van der Waals surface area (Å²) in [4.78, 5) is 16.7. The van der Waals surface area contributed by atoms with Crippen LogP contribution in [-0.4, -0.2) is 17.0 Å². The first-order valence-corrected chi connectivity index (χ1v) is 9.32. The van der Waals surface area contributed by atoms with E-state index in [1.54, 1.807) is 18.5 Å². The summed E-state index contributed by atoms with van der Waals surface area (Å²) in [5, 5.41) is 6.20. The highest BCUT2D eigenvalue weighted by Crippen LogP contribution is 2.18. The first-order chi connectivity index (χ1) is 13.5. The second-order valence-electron chi connectivity index (χ2n) is 6.95. The third-order valence-electron chi connectivity index (χ3n) is 4.06. The third-order valence-corrected chi connectivity index (χ3v) is 4.06. The molecule has 0 spiro atoms. The summed E-state index contributed by atoms with van der Waals surface area (Å²) in [5.74, 6) is 0.571. The Bertz CT molecular complexity index is 937. The van der Waals surface area contributed by atoms with Crippen molar-refractivity contribution in [2.24, 2.45) is 0 Å². The van der Waals surface area contributed by atoms with Crippen molar-refractivity contribution < 1.29 is 9.53 Å². The first-order valence-electron chi connectivity index (χ1n) is 9.32. The van der Waals surface area contributed by atoms with Crippen molar-refractivity contribution in [3.8, 4) is 5.75 Å². The van der Waals surface area contributed by atoms with Crippen LogP contribution in [-0.2, 0) is 6.54 Å². The van der Waals surface area contributed by atoms with Gasteiger partial charge in [-0.15, -0.1) is 0 Å². The van der Waals surface area contributed by atoms with Gasteiger partial charge in [0, 0.05) is 24.6 Å². The zero-order valence-corrected chi connectivity index (χ0v) is 16.4. The monoisotopic (exact) mass is 375 g/mol. The molecule has 28 heavy (non-hydrogen) atoms. The van der Waals surface area contributed by atoms with E-state index in [1.165, 1.54) is 11.1 Å². The van der Waals surface area contributed by atoms with E-state index >= 15 is 0 Å². The van der Waals surface area contributed by atoms with Gasteiger partial charge in [-0.2, -0.15) is 0 Å². The summed E-state index contributed by atoms with van der Waals surface area (Å²) in [7, 11) is 0. The van der Waals surface area contributed by atoms with Crippen LogP contribution >= 0.6 is 0 Å². The van der Waals surface area contributed by atoms with Gasteiger partial charge < -0.3 is 15.4 Å². The quantitative estimate of drug-likeness (QED) is 0.607. The molecule has 0 atom stereocenters. The van der Waals surface area contributed by atoms with Gasteiger partial charge in [-0.1, -0.05) is 29.8 Å². The Morgan fingerprint density at radius 3 is 2.54 bits per heavy atom. The molecule has 1 heterocycles. The Hall–Kier alpha value is -3.34. The lowest BCUT2D eigenvalue weighted by Gasteiger charge is -2.11. The number of carbonyl (C=O) groups is 1. The molecule has 1 aromatic heterocycles. The molecule has 0 radical (unpaired) electrons. The topological polar surface area (TPSA) is 63.2 Å². The fraction of sp³-hybridized carbons (Fsp3) is 0.217. The van der Waals surface area contributed by atoms with Crippen molar-refractivity contribution in [1.29, 1.82) is 0 Å². The third kappa shape index (κ3) is 5.58. The summed E-state index contributed by atoms with van der Waals surface area (Å²) in [6.07, 6.45) is 3.38. The van der Waals surface area contributed by atoms with Gasteiger partial charge in [0.05, 0.1) is 17.4 Å². The van der Waals surface area contributed by atoms with Gasteiger partial charge in [-0.05, 0) is 56.7 Å². The highest BCUT2D eigenvalue weighted by Gasteiger charge is 2.08. The summed E-state index contributed by atoms with van der Waals surface area (Å²) < 4.78 is 5.61. The highest BCUT2D eigenvalue weighted by atomic mass is 16.5. The lowest BCUT2D eigenvalue weighted by Crippen LogP contribution is -2.13. The van der Waals surface area contributed by atoms with E-state index in [9.17, 15) is 4.79 Å². The number of nitrogens with zero attached hydrogens (tertiary/aromatic N) is 1. The fourth-order valence-corrected chi connectivity index (χ4v) is 2.78. The van der Waals surface area contributed by atoms with Gasteiger partial charge in [0.15, 0.2) is 0 Å². The van der Waals surface area contributed by atoms with Crippen LogP contribution in [0.2, 0.25) is 0 Å². The Balaban J connectivity index is 1.61. The van der Waals surface area contributed by atoms with Crippen molar-refractivity contribution >= 4 is 17.3 Å². The van der Waals surface area contributed by atoms with E-state index < -0.39 is 0 Å². The number of rotatable bonds is 7. The van der Waals surface area contributed by atoms with E-state index in [-0.39, 0.29) is 12.0 Å². The summed E-state index contributed by atoms with van der Waals surface area (Å²) in [6.45, 7) is 6.69. The van der Waals surface area contributed by atoms with Gasteiger partial charge in [0.1, 0.15) is 5.75 Å². The van der Waals surface area contributed by atoms with Gasteiger partial charge >= 0.3 is 0 Å². The van der Waals surface area contributed by atoms with Gasteiger partial charge in [0.25, 0.3) is 5.91 Å². The zero-order chi connectivity index (χ0) is 19.9. The normalized spacial score (nSPS) is 10.6. The molecule has 1 amide bonds. The lowest BCUT2D eigenvalue weighted by atomic mass is 10.1. The summed E-state index contributed by atoms with van der Waals surface area (Å²) in [5.41, 5.74) is 4.40. The standard InChI is InChI=1S/C23H25N3O2/c1-16(2)28-22-9-7-20(8-10-22)26-23(27)19-12-21(15-24-14-19)25-13-18-6-4-5-17(3)11-18/h4-12,14-16,25H,13H2,1-3H3,(H,26,27). The predicted octanol–water partition coefficient (Wildman–Crippen LogP) is 5.04. The van der Waals surface area contributed by atoms with E-state index in [2.05, 4.69) is 40.7 Å². The predicted molar refractivity (Wildman–Crippen MR) is 113 cm³/mol. The van der Waals surface area contributed by atoms with E-state index in [1.807, 2.05) is 44.2 Å². The van der Waals surface area contributed by atoms with Crippen LogP contribution < -0.4 is 15.4 Å². The Morgan fingerprint density at radius 2 is 1.82 bits per heavy atom. The number of anilines is 2. The maximum Gasteiger partial charge on any atom is 0.257 e. The number of amides is 1. The number of hydrogen-bond donors (Lipinski definition) is 2. The first kappa shape index (κ1) is 19.4. The van der Waals surface area contributed by atoms with Crippen LogP contribution in [0.1, 0.15) is 35.3 Å². The van der Waals surface area contributed by atoms with Crippen LogP contribution in [0.4, 0.5) is 11.4 Å². The number of nitrogens with one attached hydrogen (secondary N) is 2. The van der Waals surface area contributed by atoms with Crippen molar-refractivity contribution in [3.05, 3.63) is 83.7 Å². The largest absolute Gasteiger partial charge is 0.491 e. The molecule has 0 saturated heterocycles. The van der Waals surface area contributed by atoms with Crippen molar-refractivity contribution in [2.75, 3.05) is 10.6 Å². The molecule has 0 fully saturated rings.